The summed E-state index contributed by atoms with van der Waals surface area (Å²) in [6.45, 7) is 8.44. The summed E-state index contributed by atoms with van der Waals surface area (Å²) >= 11 is 6.33. The highest BCUT2D eigenvalue weighted by Crippen LogP contribution is 2.40. The van der Waals surface area contributed by atoms with E-state index in [1.165, 1.54) is 55.8 Å². The van der Waals surface area contributed by atoms with Crippen LogP contribution in [0, 0.1) is 11.3 Å². The van der Waals surface area contributed by atoms with Gasteiger partial charge in [-0.2, -0.15) is 5.26 Å². The molecule has 0 bridgehead atoms. The molecule has 2 aromatic carbocycles. The Morgan fingerprint density at radius 1 is 1.00 bits per heavy atom. The van der Waals surface area contributed by atoms with Crippen molar-refractivity contribution in [3.63, 3.8) is 0 Å². The largest absolute Gasteiger partial charge is 0.300 e. The van der Waals surface area contributed by atoms with Gasteiger partial charge < -0.3 is 4.90 Å². The molecule has 0 spiro atoms. The summed E-state index contributed by atoms with van der Waals surface area (Å²) in [5.74, 6) is 0.581. The fraction of sp³-hybridized carbons (Fsp3) is 0.519. The van der Waals surface area contributed by atoms with Gasteiger partial charge in [0.05, 0.1) is 6.07 Å². The van der Waals surface area contributed by atoms with E-state index in [1.54, 1.807) is 6.07 Å². The first kappa shape index (κ1) is 24.4. The summed E-state index contributed by atoms with van der Waals surface area (Å²) < 4.78 is 0. The van der Waals surface area contributed by atoms with Gasteiger partial charge in [0.25, 0.3) is 0 Å². The molecule has 30 heavy (non-hydrogen) atoms. The van der Waals surface area contributed by atoms with E-state index in [0.717, 1.165) is 19.4 Å². The number of hydrogen-bond acceptors (Lipinski definition) is 2. The molecular formula is C27H37ClN2. The Bertz CT molecular complexity index is 751. The zero-order chi connectivity index (χ0) is 21.8. The van der Waals surface area contributed by atoms with Crippen LogP contribution in [0.15, 0.2) is 54.6 Å². The fourth-order valence-electron chi connectivity index (χ4n) is 4.08. The number of nitriles is 1. The van der Waals surface area contributed by atoms with Crippen LogP contribution < -0.4 is 0 Å². The van der Waals surface area contributed by atoms with Crippen molar-refractivity contribution in [1.82, 2.24) is 4.90 Å². The Kier molecular flexibility index (Phi) is 11.0. The summed E-state index contributed by atoms with van der Waals surface area (Å²) in [7, 11) is 0. The lowest BCUT2D eigenvalue weighted by atomic mass is 9.79. The van der Waals surface area contributed by atoms with Crippen LogP contribution in [-0.4, -0.2) is 29.4 Å². The highest BCUT2D eigenvalue weighted by molar-refractivity contribution is 6.21. The molecule has 3 rings (SSSR count). The quantitative estimate of drug-likeness (QED) is 0.384. The molecule has 0 amide bonds. The minimum atomic E-state index is 0.350. The Balaban J connectivity index is 0.00000101. The molecule has 0 radical (unpaired) electrons. The van der Waals surface area contributed by atoms with Crippen molar-refractivity contribution >= 4 is 11.6 Å². The predicted molar refractivity (Wildman–Crippen MR) is 129 cm³/mol. The van der Waals surface area contributed by atoms with Crippen LogP contribution in [0.5, 0.6) is 0 Å². The van der Waals surface area contributed by atoms with Gasteiger partial charge in [0.1, 0.15) is 0 Å². The van der Waals surface area contributed by atoms with Crippen molar-refractivity contribution in [2.75, 3.05) is 13.1 Å². The van der Waals surface area contributed by atoms with Crippen molar-refractivity contribution in [1.29, 1.82) is 5.26 Å². The van der Waals surface area contributed by atoms with Gasteiger partial charge >= 0.3 is 0 Å². The number of nitrogens with zero attached hydrogens (tertiary/aromatic N) is 2. The van der Waals surface area contributed by atoms with E-state index in [2.05, 4.69) is 73.3 Å². The molecule has 162 valence electrons. The highest BCUT2D eigenvalue weighted by atomic mass is 35.5. The third-order valence-electron chi connectivity index (χ3n) is 6.11. The predicted octanol–water partition coefficient (Wildman–Crippen LogP) is 6.98. The first-order chi connectivity index (χ1) is 14.6. The number of rotatable bonds is 10. The van der Waals surface area contributed by atoms with Crippen molar-refractivity contribution in [3.05, 3.63) is 71.3 Å². The molecule has 2 aromatic rings. The van der Waals surface area contributed by atoms with Gasteiger partial charge in [0.15, 0.2) is 0 Å². The summed E-state index contributed by atoms with van der Waals surface area (Å²) in [6, 6.07) is 22.5. The minimum absolute atomic E-state index is 0.350. The van der Waals surface area contributed by atoms with Crippen LogP contribution in [0.3, 0.4) is 0 Å². The molecule has 1 fully saturated rings. The van der Waals surface area contributed by atoms with Gasteiger partial charge in [-0.25, -0.2) is 0 Å². The van der Waals surface area contributed by atoms with E-state index in [0.29, 0.717) is 17.3 Å². The van der Waals surface area contributed by atoms with Crippen LogP contribution in [0.2, 0.25) is 0 Å². The van der Waals surface area contributed by atoms with Crippen LogP contribution in [0.25, 0.3) is 0 Å². The molecule has 1 aliphatic rings. The lowest BCUT2D eigenvalue weighted by Gasteiger charge is -2.32. The summed E-state index contributed by atoms with van der Waals surface area (Å²) in [6.07, 6.45) is 7.15. The molecule has 0 saturated heterocycles. The van der Waals surface area contributed by atoms with Crippen molar-refractivity contribution in [3.8, 4) is 6.07 Å². The van der Waals surface area contributed by atoms with E-state index in [9.17, 15) is 0 Å². The Morgan fingerprint density at radius 2 is 1.63 bits per heavy atom. The summed E-state index contributed by atoms with van der Waals surface area (Å²) in [4.78, 5) is 2.66. The maximum Gasteiger partial charge on any atom is 0.0587 e. The van der Waals surface area contributed by atoms with Gasteiger partial charge in [-0.3, -0.25) is 0 Å². The molecule has 0 aliphatic heterocycles. The Hall–Kier alpha value is -1.82. The third-order valence-corrected chi connectivity index (χ3v) is 6.64. The van der Waals surface area contributed by atoms with E-state index < -0.39 is 0 Å². The number of benzene rings is 2. The van der Waals surface area contributed by atoms with Crippen LogP contribution >= 0.6 is 11.6 Å². The second-order valence-electron chi connectivity index (χ2n) is 8.32. The molecule has 1 aliphatic carbocycles. The Labute approximate surface area is 188 Å². The molecular weight excluding hydrogens is 388 g/mol. The molecule has 1 saturated carbocycles. The lowest BCUT2D eigenvalue weighted by Crippen LogP contribution is -2.35. The zero-order valence-corrected chi connectivity index (χ0v) is 19.6. The van der Waals surface area contributed by atoms with E-state index in [-0.39, 0.29) is 0 Å². The lowest BCUT2D eigenvalue weighted by molar-refractivity contribution is 0.202. The molecule has 3 atom stereocenters. The number of alkyl halides is 1. The molecule has 2 nitrogen and oxygen atoms in total. The number of hydrogen-bond donors (Lipinski definition) is 0. The van der Waals surface area contributed by atoms with Crippen LogP contribution in [0.4, 0.5) is 0 Å². The van der Waals surface area contributed by atoms with Gasteiger partial charge in [-0.05, 0) is 68.7 Å². The van der Waals surface area contributed by atoms with E-state index >= 15 is 0 Å². The maximum atomic E-state index is 7.32. The number of halogens is 1. The molecule has 3 heteroatoms. The third kappa shape index (κ3) is 7.78. The average molecular weight is 425 g/mol. The maximum absolute atomic E-state index is 7.32. The second kappa shape index (κ2) is 13.5. The second-order valence-corrected chi connectivity index (χ2v) is 8.88. The zero-order valence-electron chi connectivity index (χ0n) is 18.9. The van der Waals surface area contributed by atoms with E-state index in [1.807, 2.05) is 0 Å². The van der Waals surface area contributed by atoms with Gasteiger partial charge in [0, 0.05) is 30.8 Å². The minimum Gasteiger partial charge on any atom is -0.300 e. The van der Waals surface area contributed by atoms with Gasteiger partial charge in [0.2, 0.25) is 0 Å². The Morgan fingerprint density at radius 3 is 2.17 bits per heavy atom. The topological polar surface area (TPSA) is 27.0 Å². The summed E-state index contributed by atoms with van der Waals surface area (Å²) in [5, 5.41) is 7.67. The smallest absolute Gasteiger partial charge is 0.0587 e. The highest BCUT2D eigenvalue weighted by Gasteiger charge is 2.29. The average Bonchev–Trinajstić information content (AvgIpc) is 2.76. The SMILES string of the molecule is CC#N.CCCN(CCc1ccccc1)C(C)CCc1ccc(C2CCC2Cl)cc1. The van der Waals surface area contributed by atoms with Gasteiger partial charge in [-0.15, -0.1) is 11.6 Å². The van der Waals surface area contributed by atoms with Crippen molar-refractivity contribution < 1.29 is 0 Å². The van der Waals surface area contributed by atoms with Gasteiger partial charge in [-0.1, -0.05) is 61.5 Å². The molecule has 3 unspecified atom stereocenters. The standard InChI is InChI=1S/C25H34ClN.C2H3N/c1-3-18-27(19-17-21-7-5-4-6-8-21)20(2)9-10-22-11-13-23(14-12-22)24-15-16-25(24)26;1-2-3/h4-8,11-14,20,24-25H,3,9-10,15-19H2,1-2H3;1H3. The summed E-state index contributed by atoms with van der Waals surface area (Å²) in [5.41, 5.74) is 4.32. The molecule has 0 heterocycles. The number of aryl methyl sites for hydroxylation is 1. The monoisotopic (exact) mass is 424 g/mol. The first-order valence-electron chi connectivity index (χ1n) is 11.4. The fourth-order valence-corrected chi connectivity index (χ4v) is 4.48. The first-order valence-corrected chi connectivity index (χ1v) is 11.8. The van der Waals surface area contributed by atoms with Crippen LogP contribution in [-0.2, 0) is 12.8 Å². The van der Waals surface area contributed by atoms with Crippen molar-refractivity contribution in [2.45, 2.75) is 76.6 Å². The van der Waals surface area contributed by atoms with Crippen molar-refractivity contribution in [2.24, 2.45) is 0 Å². The normalized spacial score (nSPS) is 18.7. The van der Waals surface area contributed by atoms with Crippen LogP contribution in [0.1, 0.15) is 69.1 Å². The molecule has 0 N–H and O–H groups in total. The molecule has 0 aromatic heterocycles. The van der Waals surface area contributed by atoms with E-state index in [4.69, 9.17) is 16.9 Å².